The van der Waals surface area contributed by atoms with Gasteiger partial charge < -0.3 is 28.4 Å². The Balaban J connectivity index is 0.892. The van der Waals surface area contributed by atoms with Crippen LogP contribution in [0.3, 0.4) is 0 Å². The summed E-state index contributed by atoms with van der Waals surface area (Å²) in [4.78, 5) is 0. The lowest BCUT2D eigenvalue weighted by Crippen LogP contribution is -2.65. The summed E-state index contributed by atoms with van der Waals surface area (Å²) in [5.74, 6) is -49.0. The van der Waals surface area contributed by atoms with E-state index >= 15 is 0 Å². The molecule has 0 radical (unpaired) electrons. The van der Waals surface area contributed by atoms with Gasteiger partial charge in [0.2, 0.25) is 34.6 Å². The molecule has 2 heterocycles. The largest absolute Gasteiger partial charge is 0.487 e. The average molecular weight is 1020 g/mol. The second kappa shape index (κ2) is 16.7. The highest BCUT2D eigenvalue weighted by Gasteiger charge is 2.81. The first-order chi connectivity index (χ1) is 32.4. The highest BCUT2D eigenvalue weighted by Crippen LogP contribution is 2.56. The molecule has 0 N–H and O–H groups in total. The molecule has 6 nitrogen and oxygen atoms in total. The second-order valence-electron chi connectivity index (χ2n) is 14.9. The maximum Gasteiger partial charge on any atom is 0.422 e. The lowest BCUT2D eigenvalue weighted by Gasteiger charge is -2.36. The molecule has 0 fully saturated rings. The van der Waals surface area contributed by atoms with Crippen LogP contribution in [0.4, 0.5) is 87.8 Å². The van der Waals surface area contributed by atoms with Gasteiger partial charge in [-0.2, -0.15) is 70.2 Å². The van der Waals surface area contributed by atoms with Crippen molar-refractivity contribution >= 4 is 0 Å². The average Bonchev–Trinajstić information content (AvgIpc) is 3.29. The lowest BCUT2D eigenvalue weighted by molar-refractivity contribution is -0.371. The molecule has 0 atom stereocenters. The first-order valence-corrected chi connectivity index (χ1v) is 19.0. The van der Waals surface area contributed by atoms with E-state index in [1.54, 1.807) is 0 Å². The fourth-order valence-corrected chi connectivity index (χ4v) is 6.72. The van der Waals surface area contributed by atoms with E-state index in [1.165, 1.54) is 0 Å². The third-order valence-corrected chi connectivity index (χ3v) is 10.3. The summed E-state index contributed by atoms with van der Waals surface area (Å²) in [6.07, 6.45) is -11.3. The van der Waals surface area contributed by atoms with Crippen molar-refractivity contribution in [2.75, 3.05) is 13.2 Å². The summed E-state index contributed by atoms with van der Waals surface area (Å²) in [5.41, 5.74) is -4.89. The Morgan fingerprint density at radius 3 is 0.929 bits per heavy atom. The zero-order chi connectivity index (χ0) is 51.3. The van der Waals surface area contributed by atoms with Crippen molar-refractivity contribution in [3.05, 3.63) is 131 Å². The van der Waals surface area contributed by atoms with Crippen LogP contribution in [-0.4, -0.2) is 36.9 Å². The van der Waals surface area contributed by atoms with E-state index in [0.717, 1.165) is 84.9 Å². The number of hydrogen-bond acceptors (Lipinski definition) is 6. The van der Waals surface area contributed by atoms with Gasteiger partial charge in [0.15, 0.2) is 59.5 Å². The lowest BCUT2D eigenvalue weighted by atomic mass is 9.99. The number of rotatable bonds is 11. The molecule has 6 aromatic rings. The molecule has 0 aromatic heterocycles. The van der Waals surface area contributed by atoms with Gasteiger partial charge in [-0.25, -0.2) is 17.6 Å². The number of halogens is 20. The third kappa shape index (κ3) is 8.28. The second-order valence-corrected chi connectivity index (χ2v) is 14.9. The molecule has 0 aliphatic carbocycles. The Morgan fingerprint density at radius 1 is 0.329 bits per heavy atom. The quantitative estimate of drug-likeness (QED) is 0.0950. The van der Waals surface area contributed by atoms with Gasteiger partial charge in [0.25, 0.3) is 0 Å². The highest BCUT2D eigenvalue weighted by molar-refractivity contribution is 5.71. The van der Waals surface area contributed by atoms with E-state index in [0.29, 0.717) is 0 Å². The molecule has 0 saturated carbocycles. The maximum atomic E-state index is 14.8. The number of alkyl halides is 14. The van der Waals surface area contributed by atoms with Crippen LogP contribution in [0.1, 0.15) is 11.1 Å². The predicted molar refractivity (Wildman–Crippen MR) is 197 cm³/mol. The van der Waals surface area contributed by atoms with Crippen molar-refractivity contribution in [3.63, 3.8) is 0 Å². The van der Waals surface area contributed by atoms with Crippen LogP contribution in [0.25, 0.3) is 22.3 Å². The van der Waals surface area contributed by atoms with Gasteiger partial charge in [-0.3, -0.25) is 0 Å². The van der Waals surface area contributed by atoms with E-state index in [1.807, 2.05) is 0 Å². The SMILES string of the molecule is Fc1c(F)c(C(F)(F)F)c(F)c2c1Oc1cc(-c3ccc(OCC(F)(F)C(F)(F)C(F)(F)C(F)(F)COc4ccc(-c5ccc6c(c5)Oc5c(F)c(F)c(C(F)(F)F)c(F)c5O6)cc4)cc3)ccc1O2. The molecule has 0 unspecified atom stereocenters. The predicted octanol–water partition coefficient (Wildman–Crippen LogP) is 15.7. The first-order valence-electron chi connectivity index (χ1n) is 19.0. The molecule has 0 amide bonds. The molecule has 0 bridgehead atoms. The van der Waals surface area contributed by atoms with Gasteiger partial charge >= 0.3 is 36.0 Å². The minimum Gasteiger partial charge on any atom is -0.487 e. The molecule has 26 heteroatoms. The topological polar surface area (TPSA) is 55.4 Å². The molecule has 370 valence electrons. The molecule has 2 aliphatic rings. The Morgan fingerprint density at radius 2 is 0.614 bits per heavy atom. The van der Waals surface area contributed by atoms with E-state index < -0.39 is 153 Å². The van der Waals surface area contributed by atoms with Crippen LogP contribution in [0.5, 0.6) is 57.5 Å². The van der Waals surface area contributed by atoms with Crippen molar-refractivity contribution in [2.45, 2.75) is 36.0 Å². The fourth-order valence-electron chi connectivity index (χ4n) is 6.72. The summed E-state index contributed by atoms with van der Waals surface area (Å²) in [5, 5.41) is 0. The molecule has 0 saturated heterocycles. The maximum absolute atomic E-state index is 14.8. The minimum atomic E-state index is -6.82. The summed E-state index contributed by atoms with van der Waals surface area (Å²) < 4.78 is 313. The zero-order valence-corrected chi connectivity index (χ0v) is 33.5. The fraction of sp³-hybridized carbons (Fsp3) is 0.182. The monoisotopic (exact) mass is 1020 g/mol. The van der Waals surface area contributed by atoms with Gasteiger partial charge in [0, 0.05) is 0 Å². The number of ether oxygens (including phenoxy) is 6. The zero-order valence-electron chi connectivity index (χ0n) is 33.5. The summed E-state index contributed by atoms with van der Waals surface area (Å²) in [7, 11) is 0. The van der Waals surface area contributed by atoms with Crippen molar-refractivity contribution < 1.29 is 116 Å². The summed E-state index contributed by atoms with van der Waals surface area (Å²) in [6, 6.07) is 13.8. The summed E-state index contributed by atoms with van der Waals surface area (Å²) >= 11 is 0. The van der Waals surface area contributed by atoms with E-state index in [-0.39, 0.29) is 22.3 Å². The van der Waals surface area contributed by atoms with E-state index in [9.17, 15) is 87.8 Å². The third-order valence-electron chi connectivity index (χ3n) is 10.3. The van der Waals surface area contributed by atoms with Crippen molar-refractivity contribution in [3.8, 4) is 79.7 Å². The molecular formula is C44H18F20O6. The van der Waals surface area contributed by atoms with Gasteiger partial charge in [-0.15, -0.1) is 0 Å². The normalized spacial score (nSPS) is 13.7. The number of fused-ring (bicyclic) bond motifs is 4. The number of benzene rings is 6. The first kappa shape index (κ1) is 49.2. The Labute approximate surface area is 376 Å². The molecule has 8 rings (SSSR count). The van der Waals surface area contributed by atoms with Crippen molar-refractivity contribution in [2.24, 2.45) is 0 Å². The van der Waals surface area contributed by atoms with Gasteiger partial charge in [0.1, 0.15) is 22.6 Å². The molecule has 70 heavy (non-hydrogen) atoms. The van der Waals surface area contributed by atoms with Gasteiger partial charge in [-0.1, -0.05) is 36.4 Å². The smallest absolute Gasteiger partial charge is 0.422 e. The number of hydrogen-bond donors (Lipinski definition) is 0. The van der Waals surface area contributed by atoms with Gasteiger partial charge in [0.05, 0.1) is 0 Å². The molecule has 0 spiro atoms. The van der Waals surface area contributed by atoms with Crippen LogP contribution < -0.4 is 28.4 Å². The van der Waals surface area contributed by atoms with Crippen LogP contribution in [-0.2, 0) is 12.4 Å². The summed E-state index contributed by atoms with van der Waals surface area (Å²) in [6.45, 7) is -5.20. The molecule has 2 aliphatic heterocycles. The van der Waals surface area contributed by atoms with Gasteiger partial charge in [-0.05, 0) is 70.8 Å². The standard InChI is InChI=1S/C44H18F20O6/c45-29-27(41(55,56)57)31(47)35-37(33(29)49)69-25-13-19(5-11-23(25)67-35)17-1-7-21(8-2-17)65-15-39(51,52)43(61,62)44(63,64)40(53,54)16-66-22-9-3-18(4-10-22)20-6-12-24-26(14-20)70-38-34(50)30(46)28(42(58,59)60)32(48)36(38)68-24/h1-14H,15-16H2. The highest BCUT2D eigenvalue weighted by atomic mass is 19.4. The van der Waals surface area contributed by atoms with E-state index in [4.69, 9.17) is 18.9 Å². The van der Waals surface area contributed by atoms with Crippen LogP contribution >= 0.6 is 0 Å². The van der Waals surface area contributed by atoms with Crippen LogP contribution in [0.15, 0.2) is 84.9 Å². The minimum absolute atomic E-state index is 0.0607. The molecular weight excluding hydrogens is 1000 g/mol. The Hall–Kier alpha value is -7.28. The van der Waals surface area contributed by atoms with Crippen molar-refractivity contribution in [1.82, 2.24) is 0 Å². The van der Waals surface area contributed by atoms with Crippen LogP contribution in [0, 0.1) is 34.9 Å². The van der Waals surface area contributed by atoms with E-state index in [2.05, 4.69) is 9.47 Å². The molecule has 6 aromatic carbocycles. The Kier molecular flexibility index (Phi) is 11.7. The van der Waals surface area contributed by atoms with Crippen LogP contribution in [0.2, 0.25) is 0 Å². The van der Waals surface area contributed by atoms with Crippen molar-refractivity contribution in [1.29, 1.82) is 0 Å². The Bertz CT molecular complexity index is 2840.